The standard InChI is InChI=1S/C24H21ClFN3O3/c1-15-20(23(25)29(27-15)19-9-7-18(26)8-10-19)11-12-22(30)32-16(2)24(31)28-14-13-17-5-3-4-6-21(17)28/h3-12,16H,13-14H2,1-2H3/b12-11+. The third kappa shape index (κ3) is 4.29. The van der Waals surface area contributed by atoms with E-state index in [4.69, 9.17) is 16.3 Å². The Morgan fingerprint density at radius 2 is 1.91 bits per heavy atom. The number of esters is 1. The van der Waals surface area contributed by atoms with Crippen LogP contribution >= 0.6 is 11.6 Å². The second-order valence-electron chi connectivity index (χ2n) is 7.46. The van der Waals surface area contributed by atoms with Gasteiger partial charge in [-0.05, 0) is 62.2 Å². The first-order valence-corrected chi connectivity index (χ1v) is 10.5. The molecule has 164 valence electrons. The Morgan fingerprint density at radius 3 is 2.66 bits per heavy atom. The number of carbonyl (C=O) groups is 2. The highest BCUT2D eigenvalue weighted by Crippen LogP contribution is 2.28. The van der Waals surface area contributed by atoms with Crippen LogP contribution in [0, 0.1) is 12.7 Å². The molecule has 0 bridgehead atoms. The molecule has 2 aromatic carbocycles. The second kappa shape index (κ2) is 8.96. The van der Waals surface area contributed by atoms with Crippen LogP contribution in [0.25, 0.3) is 11.8 Å². The topological polar surface area (TPSA) is 64.4 Å². The average molecular weight is 454 g/mol. The van der Waals surface area contributed by atoms with Crippen molar-refractivity contribution >= 4 is 35.2 Å². The number of aromatic nitrogens is 2. The molecule has 4 rings (SSSR count). The Bertz CT molecular complexity index is 1200. The van der Waals surface area contributed by atoms with Gasteiger partial charge in [0.1, 0.15) is 11.0 Å². The molecular weight excluding hydrogens is 433 g/mol. The molecule has 3 aromatic rings. The average Bonchev–Trinajstić information content (AvgIpc) is 3.33. The third-order valence-corrected chi connectivity index (χ3v) is 5.66. The summed E-state index contributed by atoms with van der Waals surface area (Å²) in [5, 5.41) is 4.62. The molecule has 1 aromatic heterocycles. The third-order valence-electron chi connectivity index (χ3n) is 5.30. The smallest absolute Gasteiger partial charge is 0.331 e. The molecule has 32 heavy (non-hydrogen) atoms. The summed E-state index contributed by atoms with van der Waals surface area (Å²) in [5.74, 6) is -1.30. The number of aryl methyl sites for hydroxylation is 1. The van der Waals surface area contributed by atoms with Crippen molar-refractivity contribution in [1.82, 2.24) is 9.78 Å². The molecule has 0 spiro atoms. The number of para-hydroxylation sites is 1. The number of amides is 1. The maximum absolute atomic E-state index is 13.2. The summed E-state index contributed by atoms with van der Waals surface area (Å²) in [6.45, 7) is 3.86. The monoisotopic (exact) mass is 453 g/mol. The lowest BCUT2D eigenvalue weighted by Gasteiger charge is -2.21. The van der Waals surface area contributed by atoms with Crippen LogP contribution in [0.3, 0.4) is 0 Å². The Morgan fingerprint density at radius 1 is 1.19 bits per heavy atom. The fraction of sp³-hybridized carbons (Fsp3) is 0.208. The van der Waals surface area contributed by atoms with Gasteiger partial charge in [-0.3, -0.25) is 4.79 Å². The fourth-order valence-electron chi connectivity index (χ4n) is 3.66. The van der Waals surface area contributed by atoms with Crippen LogP contribution in [0.2, 0.25) is 5.15 Å². The first-order chi connectivity index (χ1) is 15.3. The zero-order chi connectivity index (χ0) is 22.8. The summed E-state index contributed by atoms with van der Waals surface area (Å²) >= 11 is 6.42. The number of fused-ring (bicyclic) bond motifs is 1. The van der Waals surface area contributed by atoms with Crippen molar-refractivity contribution in [2.24, 2.45) is 0 Å². The van der Waals surface area contributed by atoms with E-state index in [1.54, 1.807) is 30.9 Å². The van der Waals surface area contributed by atoms with Crippen molar-refractivity contribution in [2.45, 2.75) is 26.4 Å². The fourth-order valence-corrected chi connectivity index (χ4v) is 3.99. The summed E-state index contributed by atoms with van der Waals surface area (Å²) in [7, 11) is 0. The quantitative estimate of drug-likeness (QED) is 0.421. The molecule has 2 heterocycles. The lowest BCUT2D eigenvalue weighted by molar-refractivity contribution is -0.149. The van der Waals surface area contributed by atoms with Crippen molar-refractivity contribution in [3.05, 3.63) is 82.4 Å². The van der Waals surface area contributed by atoms with Gasteiger partial charge in [-0.25, -0.2) is 13.9 Å². The lowest BCUT2D eigenvalue weighted by atomic mass is 10.2. The van der Waals surface area contributed by atoms with Gasteiger partial charge in [0.25, 0.3) is 5.91 Å². The van der Waals surface area contributed by atoms with Gasteiger partial charge in [-0.2, -0.15) is 5.10 Å². The van der Waals surface area contributed by atoms with Crippen molar-refractivity contribution in [2.75, 3.05) is 11.4 Å². The van der Waals surface area contributed by atoms with Gasteiger partial charge in [-0.15, -0.1) is 0 Å². The highest BCUT2D eigenvalue weighted by Gasteiger charge is 2.29. The van der Waals surface area contributed by atoms with E-state index in [0.717, 1.165) is 17.7 Å². The van der Waals surface area contributed by atoms with Crippen LogP contribution in [-0.4, -0.2) is 34.3 Å². The molecule has 1 atom stereocenters. The summed E-state index contributed by atoms with van der Waals surface area (Å²) < 4.78 is 20.0. The molecule has 1 aliphatic heterocycles. The molecule has 6 nitrogen and oxygen atoms in total. The molecule has 0 aliphatic carbocycles. The molecule has 0 radical (unpaired) electrons. The Kier molecular flexibility index (Phi) is 6.10. The second-order valence-corrected chi connectivity index (χ2v) is 7.82. The lowest BCUT2D eigenvalue weighted by Crippen LogP contribution is -2.38. The molecule has 0 saturated heterocycles. The predicted octanol–water partition coefficient (Wildman–Crippen LogP) is 4.51. The summed E-state index contributed by atoms with van der Waals surface area (Å²) in [4.78, 5) is 26.8. The number of rotatable bonds is 5. The van der Waals surface area contributed by atoms with Crippen LogP contribution in [0.4, 0.5) is 10.1 Å². The molecule has 0 fully saturated rings. The highest BCUT2D eigenvalue weighted by molar-refractivity contribution is 6.31. The van der Waals surface area contributed by atoms with Gasteiger partial charge in [0, 0.05) is 23.9 Å². The maximum Gasteiger partial charge on any atom is 0.331 e. The Labute approximate surface area is 189 Å². The van der Waals surface area contributed by atoms with Crippen molar-refractivity contribution < 1.29 is 18.7 Å². The van der Waals surface area contributed by atoms with E-state index in [0.29, 0.717) is 23.5 Å². The Hall–Kier alpha value is -3.45. The minimum absolute atomic E-state index is 0.268. The minimum Gasteiger partial charge on any atom is -0.449 e. The van der Waals surface area contributed by atoms with E-state index in [-0.39, 0.29) is 16.9 Å². The minimum atomic E-state index is -0.934. The van der Waals surface area contributed by atoms with Gasteiger partial charge in [0.2, 0.25) is 0 Å². The van der Waals surface area contributed by atoms with E-state index < -0.39 is 12.1 Å². The summed E-state index contributed by atoms with van der Waals surface area (Å²) in [6, 6.07) is 13.4. The van der Waals surface area contributed by atoms with Gasteiger partial charge >= 0.3 is 5.97 Å². The van der Waals surface area contributed by atoms with Crippen LogP contribution in [0.1, 0.15) is 23.7 Å². The molecule has 1 aliphatic rings. The number of hydrogen-bond acceptors (Lipinski definition) is 4. The van der Waals surface area contributed by atoms with Gasteiger partial charge in [0.15, 0.2) is 6.10 Å². The largest absolute Gasteiger partial charge is 0.449 e. The van der Waals surface area contributed by atoms with E-state index in [2.05, 4.69) is 5.10 Å². The van der Waals surface area contributed by atoms with Gasteiger partial charge in [0.05, 0.1) is 11.4 Å². The van der Waals surface area contributed by atoms with Crippen molar-refractivity contribution in [1.29, 1.82) is 0 Å². The SMILES string of the molecule is Cc1nn(-c2ccc(F)cc2)c(Cl)c1/C=C/C(=O)OC(C)C(=O)N1CCc2ccccc21. The van der Waals surface area contributed by atoms with Crippen LogP contribution in [0.15, 0.2) is 54.6 Å². The van der Waals surface area contributed by atoms with Gasteiger partial charge < -0.3 is 9.64 Å². The van der Waals surface area contributed by atoms with Crippen molar-refractivity contribution in [3.8, 4) is 5.69 Å². The molecule has 8 heteroatoms. The van der Waals surface area contributed by atoms with E-state index in [9.17, 15) is 14.0 Å². The summed E-state index contributed by atoms with van der Waals surface area (Å²) in [5.41, 5.74) is 3.66. The number of benzene rings is 2. The van der Waals surface area contributed by atoms with Gasteiger partial charge in [-0.1, -0.05) is 29.8 Å². The van der Waals surface area contributed by atoms with E-state index in [1.807, 2.05) is 24.3 Å². The summed E-state index contributed by atoms with van der Waals surface area (Å²) in [6.07, 6.45) is 2.55. The number of carbonyl (C=O) groups excluding carboxylic acids is 2. The number of hydrogen-bond donors (Lipinski definition) is 0. The predicted molar refractivity (Wildman–Crippen MR) is 120 cm³/mol. The van der Waals surface area contributed by atoms with E-state index >= 15 is 0 Å². The first-order valence-electron chi connectivity index (χ1n) is 10.1. The zero-order valence-electron chi connectivity index (χ0n) is 17.6. The van der Waals surface area contributed by atoms with Crippen molar-refractivity contribution in [3.63, 3.8) is 0 Å². The molecule has 0 saturated carbocycles. The molecule has 0 N–H and O–H groups in total. The number of anilines is 1. The molecular formula is C24H21ClFN3O3. The normalized spacial score (nSPS) is 13.9. The maximum atomic E-state index is 13.2. The molecule has 1 amide bonds. The van der Waals surface area contributed by atoms with Crippen LogP contribution < -0.4 is 4.90 Å². The van der Waals surface area contributed by atoms with Crippen LogP contribution in [-0.2, 0) is 20.7 Å². The Balaban J connectivity index is 1.44. The number of halogens is 2. The zero-order valence-corrected chi connectivity index (χ0v) is 18.3. The first kappa shape index (κ1) is 21.8. The highest BCUT2D eigenvalue weighted by atomic mass is 35.5. The van der Waals surface area contributed by atoms with Crippen LogP contribution in [0.5, 0.6) is 0 Å². The molecule has 1 unspecified atom stereocenters. The number of ether oxygens (including phenoxy) is 1. The van der Waals surface area contributed by atoms with E-state index in [1.165, 1.54) is 29.0 Å². The number of nitrogens with zero attached hydrogens (tertiary/aromatic N) is 3.